The monoisotopic (exact) mass is 316 g/mol. The van der Waals surface area contributed by atoms with E-state index < -0.39 is 14.0 Å². The Morgan fingerprint density at radius 2 is 1.27 bits per heavy atom. The van der Waals surface area contributed by atoms with Gasteiger partial charge in [0.1, 0.15) is 0 Å². The SMILES string of the molecule is OCCCCCC(O)[Si](O)(c1ccccc1)c1ccccc1. The first-order valence-corrected chi connectivity index (χ1v) is 9.84. The van der Waals surface area contributed by atoms with Crippen LogP contribution in [0.15, 0.2) is 60.7 Å². The van der Waals surface area contributed by atoms with Crippen LogP contribution in [0.3, 0.4) is 0 Å². The van der Waals surface area contributed by atoms with Crippen LogP contribution in [0, 0.1) is 0 Å². The summed E-state index contributed by atoms with van der Waals surface area (Å²) in [5.74, 6) is 0. The van der Waals surface area contributed by atoms with E-state index in [9.17, 15) is 9.90 Å². The quantitative estimate of drug-likeness (QED) is 0.506. The fourth-order valence-corrected chi connectivity index (χ4v) is 5.90. The Kier molecular flexibility index (Phi) is 6.33. The van der Waals surface area contributed by atoms with Crippen molar-refractivity contribution in [3.05, 3.63) is 60.7 Å². The Bertz CT molecular complexity index is 505. The summed E-state index contributed by atoms with van der Waals surface area (Å²) >= 11 is 0. The van der Waals surface area contributed by atoms with E-state index in [0.717, 1.165) is 29.6 Å². The predicted octanol–water partition coefficient (Wildman–Crippen LogP) is 1.19. The van der Waals surface area contributed by atoms with E-state index in [1.165, 1.54) is 0 Å². The van der Waals surface area contributed by atoms with E-state index in [0.29, 0.717) is 6.42 Å². The van der Waals surface area contributed by atoms with E-state index in [1.54, 1.807) is 0 Å². The van der Waals surface area contributed by atoms with Gasteiger partial charge in [0.15, 0.2) is 0 Å². The molecule has 0 fully saturated rings. The van der Waals surface area contributed by atoms with Gasteiger partial charge in [0.25, 0.3) is 8.32 Å². The molecule has 0 saturated carbocycles. The van der Waals surface area contributed by atoms with E-state index in [4.69, 9.17) is 5.11 Å². The molecule has 0 aliphatic rings. The largest absolute Gasteiger partial charge is 0.422 e. The zero-order chi connectivity index (χ0) is 15.8. The molecular formula is C18H24O3Si. The number of hydrogen-bond donors (Lipinski definition) is 3. The second-order valence-corrected chi connectivity index (χ2v) is 8.94. The van der Waals surface area contributed by atoms with Crippen LogP contribution in [0.5, 0.6) is 0 Å². The zero-order valence-corrected chi connectivity index (χ0v) is 13.7. The van der Waals surface area contributed by atoms with Gasteiger partial charge in [0.2, 0.25) is 0 Å². The summed E-state index contributed by atoms with van der Waals surface area (Å²) in [5, 5.41) is 21.2. The standard InChI is InChI=1S/C18H24O3Si/c19-15-9-3-8-14-18(20)22(21,16-10-4-1-5-11-16)17-12-6-2-7-13-17/h1-2,4-7,10-13,18-21H,3,8-9,14-15H2. The molecule has 22 heavy (non-hydrogen) atoms. The number of aliphatic hydroxyl groups is 2. The van der Waals surface area contributed by atoms with Gasteiger partial charge in [-0.15, -0.1) is 0 Å². The average Bonchev–Trinajstić information content (AvgIpc) is 2.59. The molecule has 118 valence electrons. The Morgan fingerprint density at radius 1 is 0.773 bits per heavy atom. The van der Waals surface area contributed by atoms with E-state index in [2.05, 4.69) is 0 Å². The molecule has 1 atom stereocenters. The second-order valence-electron chi connectivity index (χ2n) is 5.59. The smallest absolute Gasteiger partial charge is 0.281 e. The Balaban J connectivity index is 2.26. The van der Waals surface area contributed by atoms with Crippen LogP contribution in [-0.4, -0.2) is 35.7 Å². The molecule has 0 aromatic heterocycles. The van der Waals surface area contributed by atoms with Gasteiger partial charge in [-0.2, -0.15) is 0 Å². The van der Waals surface area contributed by atoms with Crippen LogP contribution in [0.1, 0.15) is 25.7 Å². The van der Waals surface area contributed by atoms with Gasteiger partial charge in [-0.3, -0.25) is 0 Å². The summed E-state index contributed by atoms with van der Waals surface area (Å²) in [4.78, 5) is 11.4. The maximum atomic E-state index is 11.4. The highest BCUT2D eigenvalue weighted by molar-refractivity contribution is 6.97. The van der Waals surface area contributed by atoms with Gasteiger partial charge >= 0.3 is 0 Å². The van der Waals surface area contributed by atoms with Crippen molar-refractivity contribution in [2.45, 2.75) is 31.4 Å². The van der Waals surface area contributed by atoms with Crippen molar-refractivity contribution in [2.24, 2.45) is 0 Å². The molecule has 0 bridgehead atoms. The van der Waals surface area contributed by atoms with E-state index in [1.807, 2.05) is 60.7 Å². The van der Waals surface area contributed by atoms with Gasteiger partial charge in [-0.05, 0) is 23.2 Å². The second kappa shape index (κ2) is 8.24. The van der Waals surface area contributed by atoms with Crippen LogP contribution in [0.2, 0.25) is 0 Å². The Labute approximate surface area is 133 Å². The molecule has 0 amide bonds. The lowest BCUT2D eigenvalue weighted by atomic mass is 10.2. The number of rotatable bonds is 8. The summed E-state index contributed by atoms with van der Waals surface area (Å²) in [5.41, 5.74) is -0.754. The predicted molar refractivity (Wildman–Crippen MR) is 91.7 cm³/mol. The van der Waals surface area contributed by atoms with Crippen molar-refractivity contribution in [3.8, 4) is 0 Å². The average molecular weight is 316 g/mol. The highest BCUT2D eigenvalue weighted by Crippen LogP contribution is 2.14. The number of benzene rings is 2. The fraction of sp³-hybridized carbons (Fsp3) is 0.333. The van der Waals surface area contributed by atoms with Crippen molar-refractivity contribution in [1.82, 2.24) is 0 Å². The minimum Gasteiger partial charge on any atom is -0.422 e. The molecule has 2 aromatic carbocycles. The topological polar surface area (TPSA) is 60.7 Å². The lowest BCUT2D eigenvalue weighted by Crippen LogP contribution is -2.67. The summed E-state index contributed by atoms with van der Waals surface area (Å²) < 4.78 is 0. The van der Waals surface area contributed by atoms with Gasteiger partial charge in [0.05, 0.1) is 5.73 Å². The van der Waals surface area contributed by atoms with Crippen LogP contribution in [-0.2, 0) is 0 Å². The summed E-state index contributed by atoms with van der Waals surface area (Å²) in [6, 6.07) is 19.0. The molecule has 0 radical (unpaired) electrons. The van der Waals surface area contributed by atoms with Crippen molar-refractivity contribution in [3.63, 3.8) is 0 Å². The third-order valence-electron chi connectivity index (χ3n) is 4.05. The highest BCUT2D eigenvalue weighted by Gasteiger charge is 2.42. The van der Waals surface area contributed by atoms with E-state index in [-0.39, 0.29) is 6.61 Å². The van der Waals surface area contributed by atoms with Crippen LogP contribution < -0.4 is 10.4 Å². The summed E-state index contributed by atoms with van der Waals surface area (Å²) in [6.45, 7) is 0.176. The van der Waals surface area contributed by atoms with Crippen LogP contribution >= 0.6 is 0 Å². The maximum Gasteiger partial charge on any atom is 0.281 e. The van der Waals surface area contributed by atoms with Crippen LogP contribution in [0.25, 0.3) is 0 Å². The normalized spacial score (nSPS) is 13.0. The van der Waals surface area contributed by atoms with Crippen molar-refractivity contribution in [2.75, 3.05) is 6.61 Å². The fourth-order valence-electron chi connectivity index (χ4n) is 2.77. The summed E-state index contributed by atoms with van der Waals surface area (Å²) in [7, 11) is -3.17. The molecule has 4 heteroatoms. The molecule has 2 rings (SSSR count). The molecular weight excluding hydrogens is 292 g/mol. The zero-order valence-electron chi connectivity index (χ0n) is 12.7. The molecule has 1 unspecified atom stereocenters. The lowest BCUT2D eigenvalue weighted by Gasteiger charge is -2.31. The summed E-state index contributed by atoms with van der Waals surface area (Å²) in [6.07, 6.45) is 2.95. The number of unbranched alkanes of at least 4 members (excludes halogenated alkanes) is 2. The minimum absolute atomic E-state index is 0.176. The maximum absolute atomic E-state index is 11.4. The van der Waals surface area contributed by atoms with Crippen molar-refractivity contribution >= 4 is 18.7 Å². The van der Waals surface area contributed by atoms with E-state index >= 15 is 0 Å². The van der Waals surface area contributed by atoms with Gasteiger partial charge in [-0.1, -0.05) is 73.5 Å². The Morgan fingerprint density at radius 3 is 1.73 bits per heavy atom. The van der Waals surface area contributed by atoms with Gasteiger partial charge < -0.3 is 15.0 Å². The van der Waals surface area contributed by atoms with Crippen molar-refractivity contribution < 1.29 is 15.0 Å². The number of hydrogen-bond acceptors (Lipinski definition) is 3. The molecule has 0 aliphatic heterocycles. The first kappa shape index (κ1) is 16.9. The minimum atomic E-state index is -3.17. The van der Waals surface area contributed by atoms with Gasteiger partial charge in [-0.25, -0.2) is 0 Å². The molecule has 2 aromatic rings. The number of aliphatic hydroxyl groups excluding tert-OH is 2. The molecule has 3 N–H and O–H groups in total. The molecule has 0 saturated heterocycles. The lowest BCUT2D eigenvalue weighted by molar-refractivity contribution is 0.209. The third-order valence-corrected chi connectivity index (χ3v) is 7.73. The van der Waals surface area contributed by atoms with Crippen molar-refractivity contribution in [1.29, 1.82) is 0 Å². The Hall–Kier alpha value is -1.46. The highest BCUT2D eigenvalue weighted by atomic mass is 28.4. The first-order valence-electron chi connectivity index (χ1n) is 7.82. The van der Waals surface area contributed by atoms with Gasteiger partial charge in [0, 0.05) is 6.61 Å². The third kappa shape index (κ3) is 3.84. The molecule has 0 heterocycles. The van der Waals surface area contributed by atoms with Crippen LogP contribution in [0.4, 0.5) is 0 Å². The first-order chi connectivity index (χ1) is 10.7. The molecule has 3 nitrogen and oxygen atoms in total. The molecule has 0 spiro atoms. The molecule has 0 aliphatic carbocycles.